The van der Waals surface area contributed by atoms with Crippen molar-refractivity contribution in [2.24, 2.45) is 0 Å². The molecule has 7 heteroatoms. The van der Waals surface area contributed by atoms with Crippen LogP contribution in [-0.4, -0.2) is 23.6 Å². The van der Waals surface area contributed by atoms with Crippen LogP contribution < -0.4 is 14.4 Å². The molecule has 0 saturated carbocycles. The van der Waals surface area contributed by atoms with Crippen molar-refractivity contribution < 1.29 is 24.2 Å². The van der Waals surface area contributed by atoms with Gasteiger partial charge in [-0.15, -0.1) is 0 Å². The summed E-state index contributed by atoms with van der Waals surface area (Å²) in [6, 6.07) is 19.9. The second-order valence-corrected chi connectivity index (χ2v) is 7.75. The third-order valence-corrected chi connectivity index (χ3v) is 5.85. The van der Waals surface area contributed by atoms with Gasteiger partial charge in [-0.05, 0) is 60.5 Å². The summed E-state index contributed by atoms with van der Waals surface area (Å²) >= 11 is 0. The molecule has 1 fully saturated rings. The SMILES string of the molecule is Cc1ccccc1C1/C(=C(\O)c2ccc3c(c2)OCO3)C(=O)C(=O)N1c1ccc(C#N)cc1. The molecule has 1 N–H and O–H groups in total. The number of ether oxygens (including phenoxy) is 2. The van der Waals surface area contributed by atoms with Gasteiger partial charge in [0.05, 0.1) is 23.2 Å². The van der Waals surface area contributed by atoms with Gasteiger partial charge in [0.1, 0.15) is 5.76 Å². The first-order valence-electron chi connectivity index (χ1n) is 10.3. The fraction of sp³-hybridized carbons (Fsp3) is 0.115. The molecule has 2 aliphatic heterocycles. The number of aliphatic hydroxyl groups is 1. The van der Waals surface area contributed by atoms with Crippen LogP contribution in [0.2, 0.25) is 0 Å². The average Bonchev–Trinajstić information content (AvgIpc) is 3.41. The second kappa shape index (κ2) is 7.84. The van der Waals surface area contributed by atoms with E-state index in [1.54, 1.807) is 42.5 Å². The normalized spacial score (nSPS) is 18.4. The lowest BCUT2D eigenvalue weighted by Crippen LogP contribution is -2.29. The number of ketones is 1. The van der Waals surface area contributed by atoms with Gasteiger partial charge in [-0.25, -0.2) is 0 Å². The van der Waals surface area contributed by atoms with E-state index in [0.29, 0.717) is 33.9 Å². The highest BCUT2D eigenvalue weighted by molar-refractivity contribution is 6.51. The molecule has 0 spiro atoms. The zero-order valence-electron chi connectivity index (χ0n) is 17.6. The van der Waals surface area contributed by atoms with Crippen molar-refractivity contribution in [1.29, 1.82) is 5.26 Å². The van der Waals surface area contributed by atoms with Gasteiger partial charge in [0.15, 0.2) is 11.5 Å². The molecule has 0 aliphatic carbocycles. The quantitative estimate of drug-likeness (QED) is 0.373. The topological polar surface area (TPSA) is 99.9 Å². The molecule has 5 rings (SSSR count). The first-order valence-corrected chi connectivity index (χ1v) is 10.3. The van der Waals surface area contributed by atoms with E-state index in [1.165, 1.54) is 4.90 Å². The Hall–Kier alpha value is -4.57. The van der Waals surface area contributed by atoms with Gasteiger partial charge < -0.3 is 14.6 Å². The number of aliphatic hydroxyl groups excluding tert-OH is 1. The van der Waals surface area contributed by atoms with Crippen molar-refractivity contribution >= 4 is 23.1 Å². The summed E-state index contributed by atoms with van der Waals surface area (Å²) in [6.07, 6.45) is 0. The lowest BCUT2D eigenvalue weighted by molar-refractivity contribution is -0.132. The number of hydrogen-bond acceptors (Lipinski definition) is 6. The number of anilines is 1. The van der Waals surface area contributed by atoms with Crippen LogP contribution in [0.1, 0.15) is 28.3 Å². The Morgan fingerprint density at radius 2 is 1.76 bits per heavy atom. The molecule has 33 heavy (non-hydrogen) atoms. The van der Waals surface area contributed by atoms with Crippen molar-refractivity contribution in [3.63, 3.8) is 0 Å². The first-order chi connectivity index (χ1) is 16.0. The molecule has 1 atom stereocenters. The van der Waals surface area contributed by atoms with Gasteiger partial charge in [0.2, 0.25) is 6.79 Å². The molecule has 0 aromatic heterocycles. The number of aryl methyl sites for hydroxylation is 1. The second-order valence-electron chi connectivity index (χ2n) is 7.75. The fourth-order valence-electron chi connectivity index (χ4n) is 4.18. The monoisotopic (exact) mass is 438 g/mol. The Bertz CT molecular complexity index is 1370. The van der Waals surface area contributed by atoms with Crippen LogP contribution in [0.3, 0.4) is 0 Å². The van der Waals surface area contributed by atoms with E-state index in [1.807, 2.05) is 37.3 Å². The maximum atomic E-state index is 13.2. The first kappa shape index (κ1) is 20.3. The van der Waals surface area contributed by atoms with Gasteiger partial charge in [-0.3, -0.25) is 14.5 Å². The minimum atomic E-state index is -0.843. The Kier molecular flexibility index (Phi) is 4.83. The summed E-state index contributed by atoms with van der Waals surface area (Å²) in [5, 5.41) is 20.4. The van der Waals surface area contributed by atoms with Crippen LogP contribution in [-0.2, 0) is 9.59 Å². The molecule has 1 unspecified atom stereocenters. The highest BCUT2D eigenvalue weighted by atomic mass is 16.7. The van der Waals surface area contributed by atoms with Crippen LogP contribution in [0.15, 0.2) is 72.3 Å². The summed E-state index contributed by atoms with van der Waals surface area (Å²) in [5.74, 6) is -0.845. The third-order valence-electron chi connectivity index (χ3n) is 5.85. The van der Waals surface area contributed by atoms with E-state index in [2.05, 4.69) is 0 Å². The lowest BCUT2D eigenvalue weighted by Gasteiger charge is -2.26. The van der Waals surface area contributed by atoms with Crippen molar-refractivity contribution in [2.75, 3.05) is 11.7 Å². The largest absolute Gasteiger partial charge is 0.507 e. The van der Waals surface area contributed by atoms with E-state index in [9.17, 15) is 14.7 Å². The third kappa shape index (κ3) is 3.29. The maximum absolute atomic E-state index is 13.2. The Morgan fingerprint density at radius 3 is 2.48 bits per heavy atom. The van der Waals surface area contributed by atoms with Gasteiger partial charge in [-0.1, -0.05) is 24.3 Å². The number of carbonyl (C=O) groups excluding carboxylic acids is 2. The Morgan fingerprint density at radius 1 is 1.03 bits per heavy atom. The molecule has 2 heterocycles. The number of nitrogens with zero attached hydrogens (tertiary/aromatic N) is 2. The van der Waals surface area contributed by atoms with Gasteiger partial charge in [0.25, 0.3) is 11.7 Å². The number of nitriles is 1. The van der Waals surface area contributed by atoms with Crippen LogP contribution >= 0.6 is 0 Å². The average molecular weight is 438 g/mol. The molecule has 3 aromatic carbocycles. The van der Waals surface area contributed by atoms with Crippen LogP contribution in [0.5, 0.6) is 11.5 Å². The van der Waals surface area contributed by atoms with Crippen LogP contribution in [0, 0.1) is 18.3 Å². The number of Topliss-reactive ketones (excluding diaryl/α,β-unsaturated/α-hetero) is 1. The van der Waals surface area contributed by atoms with E-state index in [4.69, 9.17) is 14.7 Å². The van der Waals surface area contributed by atoms with E-state index in [0.717, 1.165) is 5.56 Å². The molecule has 1 amide bonds. The molecule has 3 aromatic rings. The van der Waals surface area contributed by atoms with Crippen LogP contribution in [0.4, 0.5) is 5.69 Å². The number of benzene rings is 3. The summed E-state index contributed by atoms with van der Waals surface area (Å²) in [5.41, 5.74) is 2.79. The van der Waals surface area contributed by atoms with Gasteiger partial charge in [-0.2, -0.15) is 5.26 Å². The molecular formula is C26H18N2O5. The highest BCUT2D eigenvalue weighted by Crippen LogP contribution is 2.44. The molecule has 0 bridgehead atoms. The number of hydrogen-bond donors (Lipinski definition) is 1. The number of rotatable bonds is 3. The van der Waals surface area contributed by atoms with Crippen molar-refractivity contribution in [1.82, 2.24) is 0 Å². The molecule has 2 aliphatic rings. The van der Waals surface area contributed by atoms with E-state index < -0.39 is 17.7 Å². The van der Waals surface area contributed by atoms with Crippen molar-refractivity contribution in [3.8, 4) is 17.6 Å². The smallest absolute Gasteiger partial charge is 0.300 e. The number of carbonyl (C=O) groups is 2. The Balaban J connectivity index is 1.71. The van der Waals surface area contributed by atoms with E-state index >= 15 is 0 Å². The summed E-state index contributed by atoms with van der Waals surface area (Å²) in [7, 11) is 0. The minimum Gasteiger partial charge on any atom is -0.507 e. The molecule has 0 radical (unpaired) electrons. The van der Waals surface area contributed by atoms with Crippen molar-refractivity contribution in [2.45, 2.75) is 13.0 Å². The predicted molar refractivity (Wildman–Crippen MR) is 120 cm³/mol. The predicted octanol–water partition coefficient (Wildman–Crippen LogP) is 4.22. The molecule has 7 nitrogen and oxygen atoms in total. The standard InChI is InChI=1S/C26H18N2O5/c1-15-4-2-3-5-19(15)23-22(24(29)17-8-11-20-21(12-17)33-14-32-20)25(30)26(31)28(23)18-9-6-16(13-27)7-10-18/h2-12,23,29H,14H2,1H3/b24-22+. The minimum absolute atomic E-state index is 0.0162. The highest BCUT2D eigenvalue weighted by Gasteiger charge is 2.47. The van der Waals surface area contributed by atoms with Crippen LogP contribution in [0.25, 0.3) is 5.76 Å². The lowest BCUT2D eigenvalue weighted by atomic mass is 9.92. The summed E-state index contributed by atoms with van der Waals surface area (Å²) < 4.78 is 10.7. The maximum Gasteiger partial charge on any atom is 0.300 e. The number of amides is 1. The fourth-order valence-corrected chi connectivity index (χ4v) is 4.18. The van der Waals surface area contributed by atoms with E-state index in [-0.39, 0.29) is 18.1 Å². The molecule has 1 saturated heterocycles. The zero-order valence-corrected chi connectivity index (χ0v) is 17.6. The van der Waals surface area contributed by atoms with Gasteiger partial charge in [0, 0.05) is 11.3 Å². The zero-order chi connectivity index (χ0) is 23.1. The van der Waals surface area contributed by atoms with Crippen molar-refractivity contribution in [3.05, 3.63) is 94.6 Å². The number of fused-ring (bicyclic) bond motifs is 1. The summed E-state index contributed by atoms with van der Waals surface area (Å²) in [6.45, 7) is 1.96. The molecular weight excluding hydrogens is 420 g/mol. The van der Waals surface area contributed by atoms with Gasteiger partial charge >= 0.3 is 0 Å². The molecule has 162 valence electrons. The Labute approximate surface area is 189 Å². The summed E-state index contributed by atoms with van der Waals surface area (Å²) in [4.78, 5) is 27.8.